The van der Waals surface area contributed by atoms with Crippen LogP contribution in [0.25, 0.3) is 0 Å². The highest BCUT2D eigenvalue weighted by atomic mass is 35.5. The second-order valence-corrected chi connectivity index (χ2v) is 6.96. The molecule has 0 saturated heterocycles. The van der Waals surface area contributed by atoms with Gasteiger partial charge < -0.3 is 9.84 Å². The number of carbonyl (C=O) groups is 1. The lowest BCUT2D eigenvalue weighted by atomic mass is 10.0. The van der Waals surface area contributed by atoms with E-state index in [0.29, 0.717) is 5.02 Å². The first-order valence-electron chi connectivity index (χ1n) is 8.05. The fraction of sp³-hybridized carbons (Fsp3) is 0.222. The summed E-state index contributed by atoms with van der Waals surface area (Å²) in [6.07, 6.45) is -6.22. The summed E-state index contributed by atoms with van der Waals surface area (Å²) in [6.45, 7) is -0.875. The highest BCUT2D eigenvalue weighted by Gasteiger charge is 2.63. The van der Waals surface area contributed by atoms with E-state index in [1.54, 1.807) is 0 Å². The third-order valence-electron chi connectivity index (χ3n) is 4.10. The van der Waals surface area contributed by atoms with E-state index < -0.39 is 36.7 Å². The zero-order valence-corrected chi connectivity index (χ0v) is 15.9. The van der Waals surface area contributed by atoms with Crippen LogP contribution >= 0.6 is 23.2 Å². The number of alkyl halides is 3. The largest absolute Gasteiger partial charge is 0.482 e. The van der Waals surface area contributed by atoms with Crippen molar-refractivity contribution in [1.82, 2.24) is 5.01 Å². The molecule has 1 heterocycles. The maximum Gasteiger partial charge on any atom is 0.438 e. The van der Waals surface area contributed by atoms with Crippen molar-refractivity contribution in [3.8, 4) is 5.75 Å². The van der Waals surface area contributed by atoms with Crippen LogP contribution in [0.5, 0.6) is 5.75 Å². The summed E-state index contributed by atoms with van der Waals surface area (Å²) in [5, 5.41) is 14.1. The molecule has 2 aromatic carbocycles. The molecule has 1 amide bonds. The Bertz CT molecular complexity index is 967. The number of carbonyl (C=O) groups excluding carboxylic acids is 1. The van der Waals surface area contributed by atoms with Crippen molar-refractivity contribution in [3.05, 3.63) is 63.9 Å². The van der Waals surface area contributed by atoms with E-state index in [0.717, 1.165) is 12.1 Å². The zero-order valence-electron chi connectivity index (χ0n) is 14.4. The fourth-order valence-electron chi connectivity index (χ4n) is 2.62. The first-order chi connectivity index (χ1) is 13.5. The number of hydrogen-bond donors (Lipinski definition) is 1. The summed E-state index contributed by atoms with van der Waals surface area (Å²) in [5.74, 6) is -1.84. The minimum absolute atomic E-state index is 0.0156. The zero-order chi connectivity index (χ0) is 21.4. The molecule has 1 N–H and O–H groups in total. The topological polar surface area (TPSA) is 62.1 Å². The van der Waals surface area contributed by atoms with Crippen molar-refractivity contribution in [2.45, 2.75) is 18.3 Å². The monoisotopic (exact) mass is 450 g/mol. The number of aliphatic hydroxyl groups is 1. The number of halogens is 6. The predicted octanol–water partition coefficient (Wildman–Crippen LogP) is 4.40. The first kappa shape index (κ1) is 21.4. The summed E-state index contributed by atoms with van der Waals surface area (Å²) >= 11 is 11.6. The fourth-order valence-corrected chi connectivity index (χ4v) is 3.09. The van der Waals surface area contributed by atoms with Gasteiger partial charge in [-0.3, -0.25) is 4.79 Å². The summed E-state index contributed by atoms with van der Waals surface area (Å²) < 4.78 is 58.8. The molecule has 1 atom stereocenters. The molecule has 1 aliphatic heterocycles. The highest BCUT2D eigenvalue weighted by Crippen LogP contribution is 2.41. The molecule has 0 saturated carbocycles. The first-order valence-corrected chi connectivity index (χ1v) is 8.80. The molecule has 0 aliphatic carbocycles. The number of amides is 1. The molecule has 0 unspecified atom stereocenters. The maximum absolute atomic E-state index is 13.5. The Morgan fingerprint density at radius 2 is 1.86 bits per heavy atom. The lowest BCUT2D eigenvalue weighted by Crippen LogP contribution is -2.57. The third kappa shape index (κ3) is 4.31. The highest BCUT2D eigenvalue weighted by molar-refractivity contribution is 6.35. The van der Waals surface area contributed by atoms with Crippen LogP contribution in [0.3, 0.4) is 0 Å². The Morgan fingerprint density at radius 1 is 1.21 bits per heavy atom. The third-order valence-corrected chi connectivity index (χ3v) is 4.63. The van der Waals surface area contributed by atoms with Crippen LogP contribution in [0.15, 0.2) is 47.6 Å². The van der Waals surface area contributed by atoms with E-state index in [2.05, 4.69) is 5.10 Å². The molecule has 5 nitrogen and oxygen atoms in total. The van der Waals surface area contributed by atoms with Gasteiger partial charge in [-0.2, -0.15) is 23.3 Å². The Morgan fingerprint density at radius 3 is 2.45 bits per heavy atom. The van der Waals surface area contributed by atoms with Gasteiger partial charge in [0, 0.05) is 5.02 Å². The number of hydrazone groups is 1. The molecule has 0 radical (unpaired) electrons. The van der Waals surface area contributed by atoms with E-state index in [-0.39, 0.29) is 27.1 Å². The molecule has 0 bridgehead atoms. The lowest BCUT2D eigenvalue weighted by molar-refractivity contribution is -0.302. The van der Waals surface area contributed by atoms with Gasteiger partial charge in [-0.1, -0.05) is 35.3 Å². The molecule has 154 valence electrons. The van der Waals surface area contributed by atoms with Gasteiger partial charge in [0.2, 0.25) is 0 Å². The van der Waals surface area contributed by atoms with Gasteiger partial charge in [0.1, 0.15) is 11.6 Å². The van der Waals surface area contributed by atoms with Crippen molar-refractivity contribution in [3.63, 3.8) is 0 Å². The van der Waals surface area contributed by atoms with Crippen LogP contribution in [0.1, 0.15) is 12.0 Å². The number of ether oxygens (including phenoxy) is 1. The molecule has 29 heavy (non-hydrogen) atoms. The van der Waals surface area contributed by atoms with E-state index in [1.165, 1.54) is 30.3 Å². The van der Waals surface area contributed by atoms with Crippen molar-refractivity contribution >= 4 is 34.8 Å². The molecule has 11 heteroatoms. The van der Waals surface area contributed by atoms with Gasteiger partial charge in [0.05, 0.1) is 17.2 Å². The summed E-state index contributed by atoms with van der Waals surface area (Å²) in [4.78, 5) is 12.4. The number of nitrogens with zero attached hydrogens (tertiary/aromatic N) is 2. The number of hydrogen-bond acceptors (Lipinski definition) is 4. The van der Waals surface area contributed by atoms with E-state index in [4.69, 9.17) is 27.9 Å². The van der Waals surface area contributed by atoms with Gasteiger partial charge in [-0.15, -0.1) is 0 Å². The standard InChI is InChI=1S/C18H12Cl2F4N2O3/c19-11-3-6-15(13(20)7-11)29-9-16(27)26-17(28,18(22,23)24)8-14(25-26)10-1-4-12(21)5-2-10/h1-7,28H,8-9H2/t17-/m1/s1. The van der Waals surface area contributed by atoms with Crippen LogP contribution in [0.2, 0.25) is 10.0 Å². The van der Waals surface area contributed by atoms with Gasteiger partial charge >= 0.3 is 6.18 Å². The molecule has 0 spiro atoms. The van der Waals surface area contributed by atoms with Gasteiger partial charge in [-0.05, 0) is 35.9 Å². The molecule has 2 aromatic rings. The smallest absolute Gasteiger partial charge is 0.438 e. The van der Waals surface area contributed by atoms with E-state index in [1.807, 2.05) is 0 Å². The average molecular weight is 451 g/mol. The molecule has 0 aromatic heterocycles. The Hall–Kier alpha value is -2.36. The Labute approximate surface area is 172 Å². The SMILES string of the molecule is O=C(COc1ccc(Cl)cc1Cl)N1N=C(c2ccc(F)cc2)C[C@@]1(O)C(F)(F)F. The maximum atomic E-state index is 13.5. The summed E-state index contributed by atoms with van der Waals surface area (Å²) in [6, 6.07) is 8.54. The number of benzene rings is 2. The molecular formula is C18H12Cl2F4N2O3. The van der Waals surface area contributed by atoms with Crippen molar-refractivity contribution < 1.29 is 32.2 Å². The minimum Gasteiger partial charge on any atom is -0.482 e. The molecule has 1 aliphatic rings. The van der Waals surface area contributed by atoms with Crippen molar-refractivity contribution in [1.29, 1.82) is 0 Å². The Kier molecular flexibility index (Phi) is 5.75. The quantitative estimate of drug-likeness (QED) is 0.702. The van der Waals surface area contributed by atoms with Crippen LogP contribution in [0, 0.1) is 5.82 Å². The van der Waals surface area contributed by atoms with Gasteiger partial charge in [0.15, 0.2) is 6.61 Å². The second-order valence-electron chi connectivity index (χ2n) is 6.11. The van der Waals surface area contributed by atoms with Gasteiger partial charge in [0.25, 0.3) is 11.6 Å². The molecular weight excluding hydrogens is 439 g/mol. The van der Waals surface area contributed by atoms with Crippen molar-refractivity contribution in [2.75, 3.05) is 6.61 Å². The average Bonchev–Trinajstić information content (AvgIpc) is 3.00. The van der Waals surface area contributed by atoms with Crippen LogP contribution in [-0.4, -0.2) is 40.2 Å². The predicted molar refractivity (Wildman–Crippen MR) is 97.4 cm³/mol. The van der Waals surface area contributed by atoms with E-state index in [9.17, 15) is 27.5 Å². The second kappa shape index (κ2) is 7.81. The number of rotatable bonds is 4. The van der Waals surface area contributed by atoms with Crippen molar-refractivity contribution in [2.24, 2.45) is 5.10 Å². The summed E-state index contributed by atoms with van der Waals surface area (Å²) in [7, 11) is 0. The Balaban J connectivity index is 1.85. The minimum atomic E-state index is -5.20. The van der Waals surface area contributed by atoms with E-state index >= 15 is 0 Å². The molecule has 0 fully saturated rings. The van der Waals surface area contributed by atoms with Crippen LogP contribution < -0.4 is 4.74 Å². The normalized spacial score (nSPS) is 19.3. The molecule has 3 rings (SSSR count). The van der Waals surface area contributed by atoms with Crippen LogP contribution in [0.4, 0.5) is 17.6 Å². The van der Waals surface area contributed by atoms with Gasteiger partial charge in [-0.25, -0.2) is 4.39 Å². The van der Waals surface area contributed by atoms with Crippen LogP contribution in [-0.2, 0) is 4.79 Å². The lowest BCUT2D eigenvalue weighted by Gasteiger charge is -2.32. The summed E-state index contributed by atoms with van der Waals surface area (Å²) in [5.41, 5.74) is -3.67.